The van der Waals surface area contributed by atoms with Crippen molar-refractivity contribution in [2.24, 2.45) is 0 Å². The molecular weight excluding hydrogens is 207 g/mol. The zero-order valence-corrected chi connectivity index (χ0v) is 8.52. The number of hydrogen-bond donors (Lipinski definition) is 2. The van der Waals surface area contributed by atoms with Crippen molar-refractivity contribution in [1.82, 2.24) is 4.98 Å². The third-order valence-electron chi connectivity index (χ3n) is 2.14. The number of nitrogens with zero attached hydrogens (tertiary/aromatic N) is 1. The Kier molecular flexibility index (Phi) is 3.00. The fraction of sp³-hybridized carbons (Fsp3) is 0.0833. The average molecular weight is 218 g/mol. The highest BCUT2D eigenvalue weighted by Crippen LogP contribution is 2.14. The Morgan fingerprint density at radius 3 is 2.69 bits per heavy atom. The van der Waals surface area contributed by atoms with E-state index in [1.54, 1.807) is 30.3 Å². The van der Waals surface area contributed by atoms with Gasteiger partial charge in [-0.1, -0.05) is 12.1 Å². The molecule has 0 bridgehead atoms. The predicted molar refractivity (Wildman–Crippen MR) is 59.6 cm³/mol. The number of pyridine rings is 1. The molecule has 0 aliphatic rings. The molecule has 1 aromatic carbocycles. The fourth-order valence-corrected chi connectivity index (χ4v) is 1.31. The molecule has 0 spiro atoms. The Morgan fingerprint density at radius 1 is 1.19 bits per heavy atom. The molecule has 16 heavy (non-hydrogen) atoms. The van der Waals surface area contributed by atoms with Crippen LogP contribution in [-0.2, 0) is 6.54 Å². The van der Waals surface area contributed by atoms with Gasteiger partial charge in [-0.2, -0.15) is 0 Å². The summed E-state index contributed by atoms with van der Waals surface area (Å²) >= 11 is 0. The van der Waals surface area contributed by atoms with Crippen molar-refractivity contribution in [3.05, 3.63) is 54.1 Å². The topological polar surface area (TPSA) is 45.1 Å². The van der Waals surface area contributed by atoms with Crippen LogP contribution in [0.2, 0.25) is 0 Å². The number of aromatic nitrogens is 1. The van der Waals surface area contributed by atoms with Crippen molar-refractivity contribution in [3.8, 4) is 5.75 Å². The van der Waals surface area contributed by atoms with Crippen LogP contribution in [0.25, 0.3) is 0 Å². The van der Waals surface area contributed by atoms with Crippen LogP contribution in [0, 0.1) is 5.82 Å². The van der Waals surface area contributed by atoms with Crippen molar-refractivity contribution in [2.75, 3.05) is 5.32 Å². The molecule has 2 rings (SSSR count). The Balaban J connectivity index is 2.02. The van der Waals surface area contributed by atoms with Gasteiger partial charge >= 0.3 is 0 Å². The minimum Gasteiger partial charge on any atom is -0.506 e. The summed E-state index contributed by atoms with van der Waals surface area (Å²) in [7, 11) is 0. The molecule has 82 valence electrons. The number of halogens is 1. The van der Waals surface area contributed by atoms with E-state index in [-0.39, 0.29) is 11.6 Å². The van der Waals surface area contributed by atoms with Gasteiger partial charge < -0.3 is 10.4 Å². The zero-order valence-electron chi connectivity index (χ0n) is 8.52. The van der Waals surface area contributed by atoms with Crippen LogP contribution in [0.4, 0.5) is 10.1 Å². The first-order valence-corrected chi connectivity index (χ1v) is 4.88. The maximum Gasteiger partial charge on any atom is 0.146 e. The summed E-state index contributed by atoms with van der Waals surface area (Å²) in [6.07, 6.45) is 1.36. The molecule has 0 aliphatic carbocycles. The lowest BCUT2D eigenvalue weighted by Crippen LogP contribution is -2.02. The molecule has 0 amide bonds. The highest BCUT2D eigenvalue weighted by Gasteiger charge is 2.00. The molecule has 2 aromatic rings. The molecule has 4 heteroatoms. The highest BCUT2D eigenvalue weighted by atomic mass is 19.1. The number of rotatable bonds is 3. The lowest BCUT2D eigenvalue weighted by Gasteiger charge is -2.06. The first kappa shape index (κ1) is 10.4. The molecule has 1 heterocycles. The predicted octanol–water partition coefficient (Wildman–Crippen LogP) is 2.54. The minimum absolute atomic E-state index is 0.120. The van der Waals surface area contributed by atoms with Crippen LogP contribution in [0.15, 0.2) is 42.6 Å². The van der Waals surface area contributed by atoms with Crippen LogP contribution in [-0.4, -0.2) is 10.1 Å². The molecule has 0 radical (unpaired) electrons. The zero-order chi connectivity index (χ0) is 11.4. The monoisotopic (exact) mass is 218 g/mol. The number of benzene rings is 1. The third-order valence-corrected chi connectivity index (χ3v) is 2.14. The quantitative estimate of drug-likeness (QED) is 0.832. The van der Waals surface area contributed by atoms with E-state index < -0.39 is 0 Å². The van der Waals surface area contributed by atoms with Crippen molar-refractivity contribution < 1.29 is 9.50 Å². The van der Waals surface area contributed by atoms with Gasteiger partial charge in [0, 0.05) is 0 Å². The first-order valence-electron chi connectivity index (χ1n) is 4.88. The van der Waals surface area contributed by atoms with Crippen molar-refractivity contribution in [3.63, 3.8) is 0 Å². The highest BCUT2D eigenvalue weighted by molar-refractivity contribution is 5.44. The van der Waals surface area contributed by atoms with Crippen molar-refractivity contribution in [1.29, 1.82) is 0 Å². The molecule has 0 fully saturated rings. The Bertz CT molecular complexity index is 471. The van der Waals surface area contributed by atoms with Gasteiger partial charge in [-0.05, 0) is 24.3 Å². The Hall–Kier alpha value is -2.10. The van der Waals surface area contributed by atoms with Crippen LogP contribution >= 0.6 is 0 Å². The van der Waals surface area contributed by atoms with E-state index in [9.17, 15) is 4.39 Å². The number of anilines is 1. The van der Waals surface area contributed by atoms with Gasteiger partial charge in [0.15, 0.2) is 0 Å². The molecular formula is C12H11FN2O. The van der Waals surface area contributed by atoms with E-state index in [4.69, 9.17) is 5.11 Å². The lowest BCUT2D eigenvalue weighted by molar-refractivity contribution is 0.472. The van der Waals surface area contributed by atoms with E-state index in [1.165, 1.54) is 12.3 Å². The summed E-state index contributed by atoms with van der Waals surface area (Å²) in [6.45, 7) is 0.418. The average Bonchev–Trinajstić information content (AvgIpc) is 2.30. The molecule has 2 N–H and O–H groups in total. The van der Waals surface area contributed by atoms with Gasteiger partial charge in [-0.25, -0.2) is 4.39 Å². The van der Waals surface area contributed by atoms with Gasteiger partial charge in [0.25, 0.3) is 0 Å². The van der Waals surface area contributed by atoms with E-state index in [2.05, 4.69) is 10.3 Å². The van der Waals surface area contributed by atoms with Crippen LogP contribution < -0.4 is 5.32 Å². The number of para-hydroxylation sites is 1. The summed E-state index contributed by atoms with van der Waals surface area (Å²) in [5, 5.41) is 12.0. The summed E-state index contributed by atoms with van der Waals surface area (Å²) < 4.78 is 13.2. The summed E-state index contributed by atoms with van der Waals surface area (Å²) in [4.78, 5) is 3.99. The Labute approximate surface area is 92.6 Å². The van der Waals surface area contributed by atoms with Gasteiger partial charge in [-0.15, -0.1) is 0 Å². The van der Waals surface area contributed by atoms with Gasteiger partial charge in [0.05, 0.1) is 24.1 Å². The maximum atomic E-state index is 13.2. The van der Waals surface area contributed by atoms with Gasteiger partial charge in [-0.3, -0.25) is 4.98 Å². The second kappa shape index (κ2) is 4.61. The number of hydrogen-bond acceptors (Lipinski definition) is 3. The number of aromatic hydroxyl groups is 1. The van der Waals surface area contributed by atoms with Crippen molar-refractivity contribution in [2.45, 2.75) is 6.54 Å². The molecule has 0 atom stereocenters. The lowest BCUT2D eigenvalue weighted by atomic mass is 10.3. The van der Waals surface area contributed by atoms with E-state index in [0.717, 1.165) is 5.69 Å². The molecule has 0 aliphatic heterocycles. The van der Waals surface area contributed by atoms with Crippen molar-refractivity contribution >= 4 is 5.69 Å². The Morgan fingerprint density at radius 2 is 2.00 bits per heavy atom. The normalized spacial score (nSPS) is 10.1. The number of nitrogens with one attached hydrogen (secondary N) is 1. The SMILES string of the molecule is Oc1ccc(CNc2ccccc2F)nc1. The largest absolute Gasteiger partial charge is 0.506 e. The van der Waals surface area contributed by atoms with Gasteiger partial charge in [0.1, 0.15) is 11.6 Å². The minimum atomic E-state index is -0.290. The smallest absolute Gasteiger partial charge is 0.146 e. The van der Waals surface area contributed by atoms with Crippen LogP contribution in [0.3, 0.4) is 0 Å². The van der Waals surface area contributed by atoms with E-state index in [1.807, 2.05) is 0 Å². The summed E-state index contributed by atoms with van der Waals surface area (Å²) in [5.41, 5.74) is 1.18. The maximum absolute atomic E-state index is 13.2. The molecule has 0 unspecified atom stereocenters. The third kappa shape index (κ3) is 2.48. The second-order valence-corrected chi connectivity index (χ2v) is 3.34. The molecule has 1 aromatic heterocycles. The molecule has 3 nitrogen and oxygen atoms in total. The van der Waals surface area contributed by atoms with E-state index >= 15 is 0 Å². The summed E-state index contributed by atoms with van der Waals surface area (Å²) in [6, 6.07) is 9.69. The summed E-state index contributed by atoms with van der Waals surface area (Å²) in [5.74, 6) is -0.170. The molecule has 0 saturated carbocycles. The standard InChI is InChI=1S/C12H11FN2O/c13-11-3-1-2-4-12(11)15-7-9-5-6-10(16)8-14-9/h1-6,8,15-16H,7H2. The first-order chi connectivity index (χ1) is 7.75. The second-order valence-electron chi connectivity index (χ2n) is 3.34. The van der Waals surface area contributed by atoms with E-state index in [0.29, 0.717) is 12.2 Å². The fourth-order valence-electron chi connectivity index (χ4n) is 1.31. The molecule has 0 saturated heterocycles. The van der Waals surface area contributed by atoms with Crippen LogP contribution in [0.5, 0.6) is 5.75 Å². The van der Waals surface area contributed by atoms with Crippen LogP contribution in [0.1, 0.15) is 5.69 Å². The van der Waals surface area contributed by atoms with Gasteiger partial charge in [0.2, 0.25) is 0 Å².